The second-order valence-electron chi connectivity index (χ2n) is 3.08. The fourth-order valence-corrected chi connectivity index (χ4v) is 1.33. The summed E-state index contributed by atoms with van der Waals surface area (Å²) in [7, 11) is 0. The van der Waals surface area contributed by atoms with Gasteiger partial charge in [0.1, 0.15) is 5.78 Å². The Labute approximate surface area is 67.0 Å². The van der Waals surface area contributed by atoms with Crippen molar-refractivity contribution in [3.63, 3.8) is 0 Å². The number of hydrogen-bond donors (Lipinski definition) is 0. The predicted octanol–water partition coefficient (Wildman–Crippen LogP) is 1.81. The van der Waals surface area contributed by atoms with E-state index in [-0.39, 0.29) is 18.6 Å². The van der Waals surface area contributed by atoms with E-state index < -0.39 is 18.0 Å². The summed E-state index contributed by atoms with van der Waals surface area (Å²) in [5.74, 6) is -0.263. The minimum atomic E-state index is -4.35. The van der Waals surface area contributed by atoms with Gasteiger partial charge >= 0.3 is 6.18 Å². The van der Waals surface area contributed by atoms with Gasteiger partial charge in [-0.1, -0.05) is 0 Å². The van der Waals surface area contributed by atoms with Gasteiger partial charge in [-0.25, -0.2) is 0 Å². The molecule has 1 aliphatic rings. The highest BCUT2D eigenvalue weighted by Gasteiger charge is 2.51. The van der Waals surface area contributed by atoms with E-state index in [1.54, 1.807) is 6.07 Å². The van der Waals surface area contributed by atoms with Crippen molar-refractivity contribution in [3.8, 4) is 6.07 Å². The number of nitrogens with zero attached hydrogens (tertiary/aromatic N) is 1. The monoisotopic (exact) mass is 177 g/mol. The van der Waals surface area contributed by atoms with Crippen LogP contribution in [-0.2, 0) is 4.79 Å². The van der Waals surface area contributed by atoms with Crippen LogP contribution in [-0.4, -0.2) is 12.0 Å². The molecule has 12 heavy (non-hydrogen) atoms. The number of ketones is 1. The van der Waals surface area contributed by atoms with Crippen LogP contribution in [0, 0.1) is 16.7 Å². The van der Waals surface area contributed by atoms with E-state index in [0.29, 0.717) is 0 Å². The van der Waals surface area contributed by atoms with Crippen molar-refractivity contribution in [2.45, 2.75) is 25.4 Å². The standard InChI is InChI=1S/C7H6F3NO/c8-7(9,10)3-6(4-11)1-5(12)2-6/h1-3H2. The summed E-state index contributed by atoms with van der Waals surface area (Å²) in [6, 6.07) is 1.56. The SMILES string of the molecule is N#CC1(CC(F)(F)F)CC(=O)C1. The summed E-state index contributed by atoms with van der Waals surface area (Å²) in [5.41, 5.74) is -1.45. The van der Waals surface area contributed by atoms with Gasteiger partial charge < -0.3 is 0 Å². The molecule has 2 nitrogen and oxygen atoms in total. The van der Waals surface area contributed by atoms with Crippen LogP contribution in [0.1, 0.15) is 19.3 Å². The Kier molecular flexibility index (Phi) is 1.86. The van der Waals surface area contributed by atoms with Crippen LogP contribution in [0.25, 0.3) is 0 Å². The molecule has 0 aliphatic heterocycles. The van der Waals surface area contributed by atoms with Crippen molar-refractivity contribution in [1.29, 1.82) is 5.26 Å². The normalized spacial score (nSPS) is 21.3. The largest absolute Gasteiger partial charge is 0.390 e. The third-order valence-electron chi connectivity index (χ3n) is 1.85. The summed E-state index contributed by atoms with van der Waals surface area (Å²) < 4.78 is 35.5. The topological polar surface area (TPSA) is 40.9 Å². The van der Waals surface area contributed by atoms with Crippen LogP contribution in [0.5, 0.6) is 0 Å². The van der Waals surface area contributed by atoms with Crippen molar-refractivity contribution in [3.05, 3.63) is 0 Å². The van der Waals surface area contributed by atoms with Crippen molar-refractivity contribution in [2.24, 2.45) is 5.41 Å². The van der Waals surface area contributed by atoms with Crippen LogP contribution >= 0.6 is 0 Å². The lowest BCUT2D eigenvalue weighted by Gasteiger charge is -2.33. The van der Waals surface area contributed by atoms with Gasteiger partial charge in [0, 0.05) is 12.8 Å². The van der Waals surface area contributed by atoms with Crippen LogP contribution < -0.4 is 0 Å². The molecule has 0 heterocycles. The number of carbonyl (C=O) groups excluding carboxylic acids is 1. The summed E-state index contributed by atoms with van der Waals surface area (Å²) in [6.07, 6.45) is -6.01. The van der Waals surface area contributed by atoms with E-state index in [1.807, 2.05) is 0 Å². The number of alkyl halides is 3. The molecule has 1 saturated carbocycles. The maximum Gasteiger partial charge on any atom is 0.390 e. The fourth-order valence-electron chi connectivity index (χ4n) is 1.33. The fraction of sp³-hybridized carbons (Fsp3) is 0.714. The van der Waals surface area contributed by atoms with Crippen LogP contribution in [0.2, 0.25) is 0 Å². The van der Waals surface area contributed by atoms with Crippen molar-refractivity contribution in [1.82, 2.24) is 0 Å². The molecular formula is C7H6F3NO. The van der Waals surface area contributed by atoms with Gasteiger partial charge in [0.25, 0.3) is 0 Å². The first-order valence-electron chi connectivity index (χ1n) is 3.37. The lowest BCUT2D eigenvalue weighted by atomic mass is 9.67. The van der Waals surface area contributed by atoms with E-state index in [9.17, 15) is 18.0 Å². The van der Waals surface area contributed by atoms with E-state index in [4.69, 9.17) is 5.26 Å². The maximum atomic E-state index is 11.8. The highest BCUT2D eigenvalue weighted by atomic mass is 19.4. The van der Waals surface area contributed by atoms with Gasteiger partial charge in [-0.2, -0.15) is 18.4 Å². The molecule has 1 fully saturated rings. The van der Waals surface area contributed by atoms with Crippen LogP contribution in [0.4, 0.5) is 13.2 Å². The molecule has 0 atom stereocenters. The number of carbonyl (C=O) groups is 1. The Balaban J connectivity index is 2.61. The molecule has 5 heteroatoms. The Morgan fingerprint density at radius 2 is 2.00 bits per heavy atom. The Morgan fingerprint density at radius 3 is 2.25 bits per heavy atom. The Morgan fingerprint density at radius 1 is 1.50 bits per heavy atom. The van der Waals surface area contributed by atoms with E-state index in [0.717, 1.165) is 0 Å². The van der Waals surface area contributed by atoms with Crippen LogP contribution in [0.15, 0.2) is 0 Å². The minimum absolute atomic E-state index is 0.247. The molecule has 0 spiro atoms. The zero-order chi connectivity index (χ0) is 9.41. The molecular weight excluding hydrogens is 171 g/mol. The molecule has 0 aromatic carbocycles. The lowest BCUT2D eigenvalue weighted by Crippen LogP contribution is -2.39. The number of nitriles is 1. The first-order chi connectivity index (χ1) is 5.37. The zero-order valence-electron chi connectivity index (χ0n) is 6.11. The van der Waals surface area contributed by atoms with Gasteiger partial charge in [0.15, 0.2) is 0 Å². The summed E-state index contributed by atoms with van der Waals surface area (Å²) >= 11 is 0. The van der Waals surface area contributed by atoms with E-state index in [2.05, 4.69) is 0 Å². The number of rotatable bonds is 1. The summed E-state index contributed by atoms with van der Waals surface area (Å²) in [4.78, 5) is 10.4. The smallest absolute Gasteiger partial charge is 0.300 e. The quantitative estimate of drug-likeness (QED) is 0.612. The number of hydrogen-bond acceptors (Lipinski definition) is 2. The molecule has 0 saturated heterocycles. The van der Waals surface area contributed by atoms with Crippen molar-refractivity contribution < 1.29 is 18.0 Å². The third-order valence-corrected chi connectivity index (χ3v) is 1.85. The summed E-state index contributed by atoms with van der Waals surface area (Å²) in [6.45, 7) is 0. The van der Waals surface area contributed by atoms with Gasteiger partial charge in [-0.15, -0.1) is 0 Å². The van der Waals surface area contributed by atoms with Gasteiger partial charge in [-0.05, 0) is 0 Å². The molecule has 0 aromatic heterocycles. The molecule has 0 unspecified atom stereocenters. The molecule has 1 rings (SSSR count). The second kappa shape index (κ2) is 2.47. The highest BCUT2D eigenvalue weighted by Crippen LogP contribution is 2.45. The third kappa shape index (κ3) is 1.76. The molecule has 0 amide bonds. The maximum absolute atomic E-state index is 11.8. The van der Waals surface area contributed by atoms with Gasteiger partial charge in [0.05, 0.1) is 17.9 Å². The van der Waals surface area contributed by atoms with Gasteiger partial charge in [-0.3, -0.25) is 4.79 Å². The molecule has 1 aliphatic carbocycles. The molecule has 0 aromatic rings. The highest BCUT2D eigenvalue weighted by molar-refractivity contribution is 5.87. The van der Waals surface area contributed by atoms with E-state index >= 15 is 0 Å². The minimum Gasteiger partial charge on any atom is -0.300 e. The number of halogens is 3. The summed E-state index contributed by atoms with van der Waals surface area (Å²) in [5, 5.41) is 8.42. The second-order valence-corrected chi connectivity index (χ2v) is 3.08. The first kappa shape index (κ1) is 9.04. The molecule has 0 N–H and O–H groups in total. The first-order valence-corrected chi connectivity index (χ1v) is 3.37. The molecule has 0 bridgehead atoms. The number of Topliss-reactive ketones (excluding diaryl/α,β-unsaturated/α-hetero) is 1. The van der Waals surface area contributed by atoms with Crippen molar-refractivity contribution in [2.75, 3.05) is 0 Å². The van der Waals surface area contributed by atoms with Crippen molar-refractivity contribution >= 4 is 5.78 Å². The predicted molar refractivity (Wildman–Crippen MR) is 33.0 cm³/mol. The lowest BCUT2D eigenvalue weighted by molar-refractivity contribution is -0.164. The van der Waals surface area contributed by atoms with Gasteiger partial charge in [0.2, 0.25) is 0 Å². The molecule has 0 radical (unpaired) electrons. The zero-order valence-corrected chi connectivity index (χ0v) is 6.11. The van der Waals surface area contributed by atoms with E-state index in [1.165, 1.54) is 0 Å². The Bertz CT molecular complexity index is 242. The molecule has 66 valence electrons. The Hall–Kier alpha value is -1.05. The average Bonchev–Trinajstić information content (AvgIpc) is 1.80. The van der Waals surface area contributed by atoms with Crippen LogP contribution in [0.3, 0.4) is 0 Å². The average molecular weight is 177 g/mol.